The van der Waals surface area contributed by atoms with Gasteiger partial charge in [0.15, 0.2) is 17.5 Å². The van der Waals surface area contributed by atoms with Crippen molar-refractivity contribution in [3.8, 4) is 11.5 Å². The number of guanidine groups is 1. The monoisotopic (exact) mass is 401 g/mol. The zero-order chi connectivity index (χ0) is 20.0. The predicted octanol–water partition coefficient (Wildman–Crippen LogP) is 2.97. The molecule has 1 fully saturated rings. The maximum Gasteiger partial charge on any atom is 0.390 e. The number of benzene rings is 1. The lowest BCUT2D eigenvalue weighted by Gasteiger charge is -2.36. The van der Waals surface area contributed by atoms with E-state index in [1.54, 1.807) is 0 Å². The summed E-state index contributed by atoms with van der Waals surface area (Å²) in [5.41, 5.74) is 0.820. The minimum Gasteiger partial charge on any atom is -0.454 e. The Balaban J connectivity index is 1.76. The molecule has 2 aliphatic rings. The maximum atomic E-state index is 12.4. The molecule has 2 aliphatic heterocycles. The van der Waals surface area contributed by atoms with E-state index in [1.165, 1.54) is 0 Å². The average molecular weight is 401 g/mol. The molecule has 2 heterocycles. The standard InChI is InChI=1S/C19H26F3N3O3/c1-2-23-17(24-8-5-19(20,21)22)25-12-18(6-9-26-10-7-18)14-3-4-15-16(11-14)28-13-27-15/h3-4,11H,2,5-10,12-13H2,1H3,(H2,23,24,25). The number of hydrogen-bond donors (Lipinski definition) is 2. The number of halogens is 3. The fourth-order valence-corrected chi connectivity index (χ4v) is 3.42. The highest BCUT2D eigenvalue weighted by molar-refractivity contribution is 5.79. The summed E-state index contributed by atoms with van der Waals surface area (Å²) in [7, 11) is 0. The Morgan fingerprint density at radius 1 is 1.14 bits per heavy atom. The summed E-state index contributed by atoms with van der Waals surface area (Å²) in [5, 5.41) is 5.78. The van der Waals surface area contributed by atoms with Gasteiger partial charge in [-0.2, -0.15) is 13.2 Å². The van der Waals surface area contributed by atoms with Crippen LogP contribution in [-0.2, 0) is 10.2 Å². The zero-order valence-electron chi connectivity index (χ0n) is 15.9. The molecule has 0 atom stereocenters. The second-order valence-electron chi connectivity index (χ2n) is 6.95. The van der Waals surface area contributed by atoms with Crippen LogP contribution < -0.4 is 20.1 Å². The molecule has 0 aliphatic carbocycles. The summed E-state index contributed by atoms with van der Waals surface area (Å²) in [5.74, 6) is 1.82. The van der Waals surface area contributed by atoms with E-state index < -0.39 is 12.6 Å². The second-order valence-corrected chi connectivity index (χ2v) is 6.95. The summed E-state index contributed by atoms with van der Waals surface area (Å²) < 4.78 is 53.7. The molecule has 2 N–H and O–H groups in total. The largest absolute Gasteiger partial charge is 0.454 e. The summed E-state index contributed by atoms with van der Waals surface area (Å²) in [6.45, 7) is 4.11. The molecular weight excluding hydrogens is 375 g/mol. The van der Waals surface area contributed by atoms with Gasteiger partial charge >= 0.3 is 6.18 Å². The number of hydrogen-bond acceptors (Lipinski definition) is 4. The van der Waals surface area contributed by atoms with Crippen LogP contribution in [0, 0.1) is 0 Å². The molecule has 0 saturated carbocycles. The van der Waals surface area contributed by atoms with E-state index in [0.29, 0.717) is 38.0 Å². The van der Waals surface area contributed by atoms with Gasteiger partial charge in [-0.25, -0.2) is 0 Å². The molecule has 1 aromatic carbocycles. The lowest BCUT2D eigenvalue weighted by atomic mass is 9.74. The summed E-state index contributed by atoms with van der Waals surface area (Å²) in [6, 6.07) is 5.89. The van der Waals surface area contributed by atoms with Gasteiger partial charge in [-0.3, -0.25) is 4.99 Å². The van der Waals surface area contributed by atoms with Crippen LogP contribution in [0.3, 0.4) is 0 Å². The smallest absolute Gasteiger partial charge is 0.390 e. The van der Waals surface area contributed by atoms with Crippen molar-refractivity contribution in [3.63, 3.8) is 0 Å². The van der Waals surface area contributed by atoms with E-state index in [-0.39, 0.29) is 18.8 Å². The first-order valence-electron chi connectivity index (χ1n) is 9.49. The number of nitrogens with one attached hydrogen (secondary N) is 2. The molecule has 1 saturated heterocycles. The molecular formula is C19H26F3N3O3. The van der Waals surface area contributed by atoms with Crippen LogP contribution in [-0.4, -0.2) is 51.8 Å². The third-order valence-corrected chi connectivity index (χ3v) is 5.02. The highest BCUT2D eigenvalue weighted by atomic mass is 19.4. The number of aliphatic imine (C=N–C) groups is 1. The Kier molecular flexibility index (Phi) is 6.53. The van der Waals surface area contributed by atoms with Crippen molar-refractivity contribution in [3.05, 3.63) is 23.8 Å². The van der Waals surface area contributed by atoms with E-state index >= 15 is 0 Å². The molecule has 28 heavy (non-hydrogen) atoms. The second kappa shape index (κ2) is 8.89. The van der Waals surface area contributed by atoms with E-state index in [9.17, 15) is 13.2 Å². The lowest BCUT2D eigenvalue weighted by molar-refractivity contribution is -0.132. The molecule has 156 valence electrons. The van der Waals surface area contributed by atoms with Crippen molar-refractivity contribution >= 4 is 5.96 Å². The van der Waals surface area contributed by atoms with Crippen molar-refractivity contribution in [2.24, 2.45) is 4.99 Å². The molecule has 0 spiro atoms. The van der Waals surface area contributed by atoms with Gasteiger partial charge in [-0.15, -0.1) is 0 Å². The third kappa shape index (κ3) is 5.21. The van der Waals surface area contributed by atoms with Crippen LogP contribution in [0.5, 0.6) is 11.5 Å². The van der Waals surface area contributed by atoms with E-state index in [2.05, 4.69) is 15.6 Å². The van der Waals surface area contributed by atoms with Crippen LogP contribution in [0.1, 0.15) is 31.7 Å². The normalized spacial score (nSPS) is 18.8. The van der Waals surface area contributed by atoms with E-state index in [4.69, 9.17) is 14.2 Å². The van der Waals surface area contributed by atoms with E-state index in [0.717, 1.165) is 24.2 Å². The molecule has 3 rings (SSSR count). The van der Waals surface area contributed by atoms with Gasteiger partial charge in [0.25, 0.3) is 0 Å². The summed E-state index contributed by atoms with van der Waals surface area (Å²) >= 11 is 0. The molecule has 0 amide bonds. The van der Waals surface area contributed by atoms with Gasteiger partial charge < -0.3 is 24.8 Å². The van der Waals surface area contributed by atoms with Gasteiger partial charge in [0.2, 0.25) is 6.79 Å². The topological polar surface area (TPSA) is 64.1 Å². The first-order chi connectivity index (χ1) is 13.4. The Hall–Kier alpha value is -2.16. The highest BCUT2D eigenvalue weighted by Gasteiger charge is 2.36. The van der Waals surface area contributed by atoms with Crippen molar-refractivity contribution in [1.82, 2.24) is 10.6 Å². The first-order valence-corrected chi connectivity index (χ1v) is 9.49. The molecule has 9 heteroatoms. The number of fused-ring (bicyclic) bond motifs is 1. The quantitative estimate of drug-likeness (QED) is 0.567. The molecule has 1 aromatic rings. The lowest BCUT2D eigenvalue weighted by Crippen LogP contribution is -2.42. The number of rotatable bonds is 6. The van der Waals surface area contributed by atoms with Gasteiger partial charge in [0.05, 0.1) is 13.0 Å². The summed E-state index contributed by atoms with van der Waals surface area (Å²) in [6.07, 6.45) is -3.55. The van der Waals surface area contributed by atoms with Crippen LogP contribution >= 0.6 is 0 Å². The minimum atomic E-state index is -4.20. The van der Waals surface area contributed by atoms with Crippen LogP contribution in [0.25, 0.3) is 0 Å². The van der Waals surface area contributed by atoms with Crippen molar-refractivity contribution < 1.29 is 27.4 Å². The SMILES string of the molecule is CCNC(=NCC1(c2ccc3c(c2)OCO3)CCOCC1)NCCC(F)(F)F. The Morgan fingerprint density at radius 2 is 1.89 bits per heavy atom. The van der Waals surface area contributed by atoms with Crippen molar-refractivity contribution in [1.29, 1.82) is 0 Å². The zero-order valence-corrected chi connectivity index (χ0v) is 15.9. The first kappa shape index (κ1) is 20.6. The molecule has 0 bridgehead atoms. The van der Waals surface area contributed by atoms with Gasteiger partial charge in [0, 0.05) is 31.7 Å². The summed E-state index contributed by atoms with van der Waals surface area (Å²) in [4.78, 5) is 4.60. The molecule has 0 aromatic heterocycles. The predicted molar refractivity (Wildman–Crippen MR) is 98.9 cm³/mol. The molecule has 6 nitrogen and oxygen atoms in total. The van der Waals surface area contributed by atoms with Crippen molar-refractivity contribution in [2.45, 2.75) is 37.8 Å². The highest BCUT2D eigenvalue weighted by Crippen LogP contribution is 2.41. The van der Waals surface area contributed by atoms with Crippen LogP contribution in [0.4, 0.5) is 13.2 Å². The minimum absolute atomic E-state index is 0.209. The van der Waals surface area contributed by atoms with Crippen LogP contribution in [0.2, 0.25) is 0 Å². The third-order valence-electron chi connectivity index (χ3n) is 5.02. The maximum absolute atomic E-state index is 12.4. The Morgan fingerprint density at radius 3 is 2.61 bits per heavy atom. The number of ether oxygens (including phenoxy) is 3. The number of alkyl halides is 3. The fourth-order valence-electron chi connectivity index (χ4n) is 3.42. The Labute approximate surface area is 162 Å². The molecule has 0 unspecified atom stereocenters. The van der Waals surface area contributed by atoms with E-state index in [1.807, 2.05) is 25.1 Å². The molecule has 0 radical (unpaired) electrons. The van der Waals surface area contributed by atoms with Crippen LogP contribution in [0.15, 0.2) is 23.2 Å². The average Bonchev–Trinajstić information content (AvgIpc) is 3.14. The van der Waals surface area contributed by atoms with Gasteiger partial charge in [0.1, 0.15) is 0 Å². The fraction of sp³-hybridized carbons (Fsp3) is 0.632. The number of nitrogens with zero attached hydrogens (tertiary/aromatic N) is 1. The van der Waals surface area contributed by atoms with Gasteiger partial charge in [-0.1, -0.05) is 6.07 Å². The Bertz CT molecular complexity index is 689. The van der Waals surface area contributed by atoms with Gasteiger partial charge in [-0.05, 0) is 37.5 Å². The van der Waals surface area contributed by atoms with Crippen molar-refractivity contribution in [2.75, 3.05) is 39.6 Å².